The zero-order chi connectivity index (χ0) is 18.8. The first kappa shape index (κ1) is 23.2. The lowest BCUT2D eigenvalue weighted by Gasteiger charge is -2.16. The third-order valence-corrected chi connectivity index (χ3v) is 3.65. The SMILES string of the molecule is CCNC(=NCc1ccccc1F)NCC(O)COc1cccc(C)c1.I. The van der Waals surface area contributed by atoms with Gasteiger partial charge in [-0.05, 0) is 37.6 Å². The third-order valence-electron chi connectivity index (χ3n) is 3.65. The van der Waals surface area contributed by atoms with Gasteiger partial charge in [-0.25, -0.2) is 9.38 Å². The number of rotatable bonds is 8. The van der Waals surface area contributed by atoms with Crippen LogP contribution >= 0.6 is 24.0 Å². The number of aliphatic imine (C=N–C) groups is 1. The van der Waals surface area contributed by atoms with Crippen LogP contribution in [-0.2, 0) is 6.54 Å². The highest BCUT2D eigenvalue weighted by Gasteiger charge is 2.07. The molecule has 0 aliphatic heterocycles. The van der Waals surface area contributed by atoms with Gasteiger partial charge in [0, 0.05) is 18.7 Å². The van der Waals surface area contributed by atoms with Crippen LogP contribution in [0.1, 0.15) is 18.1 Å². The van der Waals surface area contributed by atoms with E-state index >= 15 is 0 Å². The number of aliphatic hydroxyl groups excluding tert-OH is 1. The third kappa shape index (κ3) is 8.57. The second kappa shape index (κ2) is 12.5. The number of aryl methyl sites for hydroxylation is 1. The molecule has 0 spiro atoms. The predicted octanol–water partition coefficient (Wildman–Crippen LogP) is 3.25. The van der Waals surface area contributed by atoms with E-state index in [-0.39, 0.29) is 49.5 Å². The molecule has 2 aromatic carbocycles. The minimum absolute atomic E-state index is 0. The summed E-state index contributed by atoms with van der Waals surface area (Å²) in [6.07, 6.45) is -0.701. The van der Waals surface area contributed by atoms with Crippen molar-refractivity contribution >= 4 is 29.9 Å². The van der Waals surface area contributed by atoms with Crippen LogP contribution in [0.25, 0.3) is 0 Å². The van der Waals surface area contributed by atoms with Gasteiger partial charge in [-0.2, -0.15) is 0 Å². The van der Waals surface area contributed by atoms with Crippen molar-refractivity contribution in [2.24, 2.45) is 4.99 Å². The summed E-state index contributed by atoms with van der Waals surface area (Å²) in [5.41, 5.74) is 1.62. The number of hydrogen-bond acceptors (Lipinski definition) is 3. The minimum atomic E-state index is -0.701. The maximum Gasteiger partial charge on any atom is 0.191 e. The van der Waals surface area contributed by atoms with Crippen LogP contribution in [0.5, 0.6) is 5.75 Å². The molecule has 0 aromatic heterocycles. The topological polar surface area (TPSA) is 65.9 Å². The van der Waals surface area contributed by atoms with E-state index in [1.54, 1.807) is 18.2 Å². The number of hydrogen-bond donors (Lipinski definition) is 3. The molecule has 0 heterocycles. The molecular weight excluding hydrogens is 460 g/mol. The largest absolute Gasteiger partial charge is 0.491 e. The van der Waals surface area contributed by atoms with Crippen molar-refractivity contribution in [3.63, 3.8) is 0 Å². The lowest BCUT2D eigenvalue weighted by molar-refractivity contribution is 0.110. The Morgan fingerprint density at radius 2 is 1.96 bits per heavy atom. The van der Waals surface area contributed by atoms with Gasteiger partial charge in [0.05, 0.1) is 6.54 Å². The van der Waals surface area contributed by atoms with Crippen molar-refractivity contribution in [2.45, 2.75) is 26.5 Å². The molecule has 3 N–H and O–H groups in total. The maximum absolute atomic E-state index is 13.7. The van der Waals surface area contributed by atoms with E-state index in [0.29, 0.717) is 18.1 Å². The normalized spacial score (nSPS) is 12.1. The number of benzene rings is 2. The number of halogens is 2. The summed E-state index contributed by atoms with van der Waals surface area (Å²) in [5, 5.41) is 16.2. The highest BCUT2D eigenvalue weighted by molar-refractivity contribution is 14.0. The van der Waals surface area contributed by atoms with Crippen molar-refractivity contribution in [2.75, 3.05) is 19.7 Å². The standard InChI is InChI=1S/C20H26FN3O2.HI/c1-3-22-20(23-12-16-8-4-5-10-19(16)21)24-13-17(25)14-26-18-9-6-7-15(2)11-18;/h4-11,17,25H,3,12-14H2,1-2H3,(H2,22,23,24);1H. The molecule has 0 aliphatic carbocycles. The Morgan fingerprint density at radius 3 is 2.67 bits per heavy atom. The van der Waals surface area contributed by atoms with Gasteiger partial charge in [-0.1, -0.05) is 30.3 Å². The molecule has 0 radical (unpaired) electrons. The molecule has 148 valence electrons. The van der Waals surface area contributed by atoms with Crippen LogP contribution < -0.4 is 15.4 Å². The molecule has 1 atom stereocenters. The van der Waals surface area contributed by atoms with E-state index in [1.807, 2.05) is 38.1 Å². The van der Waals surface area contributed by atoms with Crippen LogP contribution in [0.15, 0.2) is 53.5 Å². The monoisotopic (exact) mass is 487 g/mol. The van der Waals surface area contributed by atoms with Crippen LogP contribution in [0.4, 0.5) is 4.39 Å². The van der Waals surface area contributed by atoms with Crippen molar-refractivity contribution in [1.82, 2.24) is 10.6 Å². The second-order valence-corrected chi connectivity index (χ2v) is 5.95. The summed E-state index contributed by atoms with van der Waals surface area (Å²) >= 11 is 0. The van der Waals surface area contributed by atoms with Crippen molar-refractivity contribution < 1.29 is 14.2 Å². The Kier molecular flexibility index (Phi) is 10.7. The van der Waals surface area contributed by atoms with Gasteiger partial charge >= 0.3 is 0 Å². The van der Waals surface area contributed by atoms with E-state index in [9.17, 15) is 9.50 Å². The molecule has 0 saturated carbocycles. The van der Waals surface area contributed by atoms with Crippen LogP contribution in [-0.4, -0.2) is 36.9 Å². The number of guanidine groups is 1. The number of ether oxygens (including phenoxy) is 1. The molecule has 7 heteroatoms. The maximum atomic E-state index is 13.7. The van der Waals surface area contributed by atoms with Crippen LogP contribution in [0, 0.1) is 12.7 Å². The van der Waals surface area contributed by atoms with E-state index in [0.717, 1.165) is 11.3 Å². The molecule has 27 heavy (non-hydrogen) atoms. The van der Waals surface area contributed by atoms with Gasteiger partial charge in [0.15, 0.2) is 5.96 Å². The molecule has 2 aromatic rings. The molecule has 0 aliphatic rings. The molecule has 0 fully saturated rings. The van der Waals surface area contributed by atoms with Crippen LogP contribution in [0.3, 0.4) is 0 Å². The lowest BCUT2D eigenvalue weighted by Crippen LogP contribution is -2.42. The number of nitrogens with zero attached hydrogens (tertiary/aromatic N) is 1. The number of aliphatic hydroxyl groups is 1. The Bertz CT molecular complexity index is 728. The second-order valence-electron chi connectivity index (χ2n) is 5.95. The summed E-state index contributed by atoms with van der Waals surface area (Å²) in [7, 11) is 0. The van der Waals surface area contributed by atoms with Gasteiger partial charge in [0.25, 0.3) is 0 Å². The minimum Gasteiger partial charge on any atom is -0.491 e. The first-order valence-electron chi connectivity index (χ1n) is 8.71. The summed E-state index contributed by atoms with van der Waals surface area (Å²) in [6.45, 7) is 5.26. The lowest BCUT2D eigenvalue weighted by atomic mass is 10.2. The molecule has 2 rings (SSSR count). The first-order chi connectivity index (χ1) is 12.6. The van der Waals surface area contributed by atoms with Gasteiger partial charge in [-0.3, -0.25) is 0 Å². The van der Waals surface area contributed by atoms with Crippen LogP contribution in [0.2, 0.25) is 0 Å². The molecule has 1 unspecified atom stereocenters. The summed E-state index contributed by atoms with van der Waals surface area (Å²) < 4.78 is 19.2. The molecule has 0 saturated heterocycles. The fourth-order valence-electron chi connectivity index (χ4n) is 2.30. The zero-order valence-electron chi connectivity index (χ0n) is 15.6. The van der Waals surface area contributed by atoms with Crippen molar-refractivity contribution in [3.05, 3.63) is 65.5 Å². The van der Waals surface area contributed by atoms with E-state index in [1.165, 1.54) is 6.07 Å². The highest BCUT2D eigenvalue weighted by Crippen LogP contribution is 2.12. The summed E-state index contributed by atoms with van der Waals surface area (Å²) in [6, 6.07) is 14.2. The Hall–Kier alpha value is -1.87. The summed E-state index contributed by atoms with van der Waals surface area (Å²) in [4.78, 5) is 4.35. The zero-order valence-corrected chi connectivity index (χ0v) is 17.9. The molecule has 5 nitrogen and oxygen atoms in total. The van der Waals surface area contributed by atoms with Gasteiger partial charge < -0.3 is 20.5 Å². The van der Waals surface area contributed by atoms with E-state index in [2.05, 4.69) is 15.6 Å². The van der Waals surface area contributed by atoms with E-state index in [4.69, 9.17) is 4.74 Å². The van der Waals surface area contributed by atoms with Crippen molar-refractivity contribution in [1.29, 1.82) is 0 Å². The van der Waals surface area contributed by atoms with Gasteiger partial charge in [0.1, 0.15) is 24.3 Å². The fraction of sp³-hybridized carbons (Fsp3) is 0.350. The van der Waals surface area contributed by atoms with Gasteiger partial charge in [0.2, 0.25) is 0 Å². The molecular formula is C20H27FIN3O2. The quantitative estimate of drug-likeness (QED) is 0.304. The predicted molar refractivity (Wildman–Crippen MR) is 117 cm³/mol. The first-order valence-corrected chi connectivity index (χ1v) is 8.71. The molecule has 0 amide bonds. The smallest absolute Gasteiger partial charge is 0.191 e. The number of nitrogens with one attached hydrogen (secondary N) is 2. The summed E-state index contributed by atoms with van der Waals surface area (Å²) in [5.74, 6) is 0.966. The van der Waals surface area contributed by atoms with Crippen molar-refractivity contribution in [3.8, 4) is 5.75 Å². The fourth-order valence-corrected chi connectivity index (χ4v) is 2.30. The Balaban J connectivity index is 0.00000364. The average molecular weight is 487 g/mol. The Labute approximate surface area is 177 Å². The molecule has 0 bridgehead atoms. The van der Waals surface area contributed by atoms with E-state index < -0.39 is 6.10 Å². The Morgan fingerprint density at radius 1 is 1.19 bits per heavy atom. The average Bonchev–Trinajstić information content (AvgIpc) is 2.63. The highest BCUT2D eigenvalue weighted by atomic mass is 127. The van der Waals surface area contributed by atoms with Gasteiger partial charge in [-0.15, -0.1) is 24.0 Å².